The van der Waals surface area contributed by atoms with Gasteiger partial charge in [0, 0.05) is 12.6 Å². The summed E-state index contributed by atoms with van der Waals surface area (Å²) in [5.74, 6) is -1.19. The Bertz CT molecular complexity index is 862. The van der Waals surface area contributed by atoms with Gasteiger partial charge in [0.1, 0.15) is 29.0 Å². The maximum absolute atomic E-state index is 13.1. The molecule has 0 radical (unpaired) electrons. The van der Waals surface area contributed by atoms with Crippen molar-refractivity contribution in [3.8, 4) is 17.6 Å². The molecule has 0 aliphatic rings. The van der Waals surface area contributed by atoms with Gasteiger partial charge in [-0.05, 0) is 41.5 Å². The number of aromatic hydroxyl groups is 2. The van der Waals surface area contributed by atoms with Crippen LogP contribution in [0.3, 0.4) is 0 Å². The first-order chi connectivity index (χ1) is 12.0. The maximum Gasteiger partial charge on any atom is 0.262 e. The number of carbonyl (C=O) groups excluding carboxylic acids is 1. The molecule has 0 saturated carbocycles. The lowest BCUT2D eigenvalue weighted by atomic mass is 10.1. The first kappa shape index (κ1) is 17.8. The summed E-state index contributed by atoms with van der Waals surface area (Å²) in [7, 11) is 0. The molecule has 5 nitrogen and oxygen atoms in total. The number of hydrogen-bond acceptors (Lipinski definition) is 4. The Balaban J connectivity index is 2.02. The number of phenolic OH excluding ortho intramolecular Hbond substituents is 2. The highest BCUT2D eigenvalue weighted by molar-refractivity contribution is 5.97. The Labute approximate surface area is 144 Å². The highest BCUT2D eigenvalue weighted by Gasteiger charge is 2.07. The van der Waals surface area contributed by atoms with Gasteiger partial charge in [-0.1, -0.05) is 24.3 Å². The zero-order valence-corrected chi connectivity index (χ0v) is 13.1. The third-order valence-electron chi connectivity index (χ3n) is 3.18. The van der Waals surface area contributed by atoms with Gasteiger partial charge >= 0.3 is 0 Å². The number of benzene rings is 2. The summed E-state index contributed by atoms with van der Waals surface area (Å²) in [5, 5.41) is 30.4. The first-order valence-corrected chi connectivity index (χ1v) is 7.32. The van der Waals surface area contributed by atoms with E-state index in [0.717, 1.165) is 0 Å². The van der Waals surface area contributed by atoms with Crippen molar-refractivity contribution < 1.29 is 19.4 Å². The van der Waals surface area contributed by atoms with Crippen molar-refractivity contribution in [3.05, 3.63) is 77.1 Å². The molecule has 2 aromatic carbocycles. The summed E-state index contributed by atoms with van der Waals surface area (Å²) in [6.45, 7) is 0.0970. The second kappa shape index (κ2) is 8.31. The number of halogens is 1. The zero-order valence-electron chi connectivity index (χ0n) is 13.1. The number of carbonyl (C=O) groups is 1. The zero-order chi connectivity index (χ0) is 18.2. The van der Waals surface area contributed by atoms with Crippen LogP contribution in [0.4, 0.5) is 4.39 Å². The van der Waals surface area contributed by atoms with Crippen molar-refractivity contribution in [1.29, 1.82) is 5.26 Å². The number of hydrogen-bond donors (Lipinski definition) is 3. The molecule has 2 aromatic rings. The molecule has 0 aromatic heterocycles. The molecule has 0 atom stereocenters. The van der Waals surface area contributed by atoms with Crippen LogP contribution in [0.25, 0.3) is 6.08 Å². The smallest absolute Gasteiger partial charge is 0.262 e. The fraction of sp³-hybridized carbons (Fsp3) is 0.0526. The SMILES string of the molecule is N#C/C(=C\C=C\c1cc(O)cc(O)c1)C(=O)NCc1cccc(F)c1. The van der Waals surface area contributed by atoms with Crippen LogP contribution in [0.1, 0.15) is 11.1 Å². The highest BCUT2D eigenvalue weighted by atomic mass is 19.1. The highest BCUT2D eigenvalue weighted by Crippen LogP contribution is 2.21. The summed E-state index contributed by atoms with van der Waals surface area (Å²) in [6.07, 6.45) is 4.28. The summed E-state index contributed by atoms with van der Waals surface area (Å²) >= 11 is 0. The van der Waals surface area contributed by atoms with E-state index in [-0.39, 0.29) is 23.6 Å². The topological polar surface area (TPSA) is 93.3 Å². The van der Waals surface area contributed by atoms with Crippen molar-refractivity contribution in [3.63, 3.8) is 0 Å². The van der Waals surface area contributed by atoms with Crippen LogP contribution in [-0.4, -0.2) is 16.1 Å². The Morgan fingerprint density at radius 3 is 2.56 bits per heavy atom. The fourth-order valence-electron chi connectivity index (χ4n) is 2.06. The van der Waals surface area contributed by atoms with Crippen molar-refractivity contribution in [2.45, 2.75) is 6.54 Å². The van der Waals surface area contributed by atoms with Gasteiger partial charge in [-0.2, -0.15) is 5.26 Å². The van der Waals surface area contributed by atoms with Crippen molar-refractivity contribution in [2.75, 3.05) is 0 Å². The molecule has 0 fully saturated rings. The number of nitrogens with zero attached hydrogens (tertiary/aromatic N) is 1. The van der Waals surface area contributed by atoms with Crippen molar-refractivity contribution in [2.24, 2.45) is 0 Å². The molecule has 1 amide bonds. The predicted octanol–water partition coefficient (Wildman–Crippen LogP) is 3.02. The van der Waals surface area contributed by atoms with Crippen LogP contribution >= 0.6 is 0 Å². The van der Waals surface area contributed by atoms with Gasteiger partial charge in [0.25, 0.3) is 5.91 Å². The van der Waals surface area contributed by atoms with Gasteiger partial charge in [0.15, 0.2) is 0 Å². The van der Waals surface area contributed by atoms with Crippen molar-refractivity contribution in [1.82, 2.24) is 5.32 Å². The normalized spacial score (nSPS) is 11.3. The molecule has 0 bridgehead atoms. The van der Waals surface area contributed by atoms with E-state index in [1.165, 1.54) is 54.6 Å². The predicted molar refractivity (Wildman–Crippen MR) is 90.7 cm³/mol. The lowest BCUT2D eigenvalue weighted by Gasteiger charge is -2.04. The standard InChI is InChI=1S/C19H15FN2O3/c20-16-6-2-4-14(7-16)12-22-19(25)15(11-21)5-1-3-13-8-17(23)10-18(24)9-13/h1-10,23-24H,12H2,(H,22,25)/b3-1+,15-5+. The molecular weight excluding hydrogens is 323 g/mol. The molecule has 0 unspecified atom stereocenters. The lowest BCUT2D eigenvalue weighted by Crippen LogP contribution is -2.24. The lowest BCUT2D eigenvalue weighted by molar-refractivity contribution is -0.117. The molecule has 6 heteroatoms. The van der Waals surface area contributed by atoms with Crippen molar-refractivity contribution >= 4 is 12.0 Å². The third kappa shape index (κ3) is 5.52. The summed E-state index contributed by atoms with van der Waals surface area (Å²) in [5.41, 5.74) is 0.958. The Morgan fingerprint density at radius 1 is 1.20 bits per heavy atom. The molecular formula is C19H15FN2O3. The molecule has 25 heavy (non-hydrogen) atoms. The van der Waals surface area contributed by atoms with Gasteiger partial charge in [-0.3, -0.25) is 4.79 Å². The van der Waals surface area contributed by atoms with E-state index in [9.17, 15) is 19.4 Å². The number of nitriles is 1. The second-order valence-electron chi connectivity index (χ2n) is 5.15. The largest absolute Gasteiger partial charge is 0.508 e. The summed E-state index contributed by atoms with van der Waals surface area (Å²) < 4.78 is 13.1. The van der Waals surface area contributed by atoms with Crippen LogP contribution in [0, 0.1) is 17.1 Å². The van der Waals surface area contributed by atoms with Crippen LogP contribution < -0.4 is 5.32 Å². The van der Waals surface area contributed by atoms with Crippen LogP contribution in [0.5, 0.6) is 11.5 Å². The van der Waals surface area contributed by atoms with Gasteiger partial charge < -0.3 is 15.5 Å². The number of amides is 1. The number of rotatable bonds is 5. The summed E-state index contributed by atoms with van der Waals surface area (Å²) in [4.78, 5) is 12.0. The van der Waals surface area contributed by atoms with E-state index in [0.29, 0.717) is 11.1 Å². The average Bonchev–Trinajstić information content (AvgIpc) is 2.56. The van der Waals surface area contributed by atoms with Gasteiger partial charge in [0.2, 0.25) is 0 Å². The molecule has 0 saturated heterocycles. The molecule has 0 spiro atoms. The number of allylic oxidation sites excluding steroid dienone is 2. The van der Waals surface area contributed by atoms with E-state index in [1.807, 2.05) is 0 Å². The minimum atomic E-state index is -0.588. The molecule has 0 heterocycles. The van der Waals surface area contributed by atoms with E-state index < -0.39 is 11.7 Å². The molecule has 3 N–H and O–H groups in total. The van der Waals surface area contributed by atoms with E-state index >= 15 is 0 Å². The van der Waals surface area contributed by atoms with E-state index in [1.54, 1.807) is 12.1 Å². The van der Waals surface area contributed by atoms with Crippen LogP contribution in [-0.2, 0) is 11.3 Å². The Kier molecular flexibility index (Phi) is 5.91. The monoisotopic (exact) mass is 338 g/mol. The Morgan fingerprint density at radius 2 is 1.92 bits per heavy atom. The average molecular weight is 338 g/mol. The maximum atomic E-state index is 13.1. The number of nitrogens with one attached hydrogen (secondary N) is 1. The molecule has 0 aliphatic carbocycles. The van der Waals surface area contributed by atoms with Gasteiger partial charge in [0.05, 0.1) is 0 Å². The minimum Gasteiger partial charge on any atom is -0.508 e. The third-order valence-corrected chi connectivity index (χ3v) is 3.18. The Hall–Kier alpha value is -3.59. The van der Waals surface area contributed by atoms with Crippen LogP contribution in [0.15, 0.2) is 60.2 Å². The summed E-state index contributed by atoms with van der Waals surface area (Å²) in [6, 6.07) is 11.6. The van der Waals surface area contributed by atoms with E-state index in [2.05, 4.69) is 5.32 Å². The molecule has 126 valence electrons. The molecule has 2 rings (SSSR count). The van der Waals surface area contributed by atoms with Gasteiger partial charge in [-0.25, -0.2) is 4.39 Å². The van der Waals surface area contributed by atoms with Crippen LogP contribution in [0.2, 0.25) is 0 Å². The van der Waals surface area contributed by atoms with E-state index in [4.69, 9.17) is 5.26 Å². The second-order valence-corrected chi connectivity index (χ2v) is 5.15. The first-order valence-electron chi connectivity index (χ1n) is 7.32. The molecule has 0 aliphatic heterocycles. The quantitative estimate of drug-likeness (QED) is 0.444. The van der Waals surface area contributed by atoms with Gasteiger partial charge in [-0.15, -0.1) is 0 Å². The fourth-order valence-corrected chi connectivity index (χ4v) is 2.06. The number of phenols is 2. The minimum absolute atomic E-state index is 0.0970.